The van der Waals surface area contributed by atoms with Crippen LogP contribution in [0.1, 0.15) is 21.7 Å². The molecule has 1 saturated heterocycles. The van der Waals surface area contributed by atoms with Gasteiger partial charge in [-0.15, -0.1) is 11.3 Å². The lowest BCUT2D eigenvalue weighted by Crippen LogP contribution is -2.38. The van der Waals surface area contributed by atoms with Gasteiger partial charge in [0.1, 0.15) is 0 Å². The van der Waals surface area contributed by atoms with Crippen LogP contribution in [0.15, 0.2) is 29.1 Å². The number of H-pyrrole nitrogens is 1. The maximum absolute atomic E-state index is 12.5. The highest BCUT2D eigenvalue weighted by Gasteiger charge is 2.15. The fourth-order valence-corrected chi connectivity index (χ4v) is 4.53. The molecule has 0 saturated carbocycles. The van der Waals surface area contributed by atoms with E-state index >= 15 is 0 Å². The summed E-state index contributed by atoms with van der Waals surface area (Å²) < 4.78 is 6.21. The van der Waals surface area contributed by atoms with Crippen LogP contribution < -0.4 is 10.9 Å². The van der Waals surface area contributed by atoms with Crippen molar-refractivity contribution in [3.63, 3.8) is 0 Å². The number of hydrogen-bond acceptors (Lipinski definition) is 5. The lowest BCUT2D eigenvalue weighted by Gasteiger charge is -2.26. The summed E-state index contributed by atoms with van der Waals surface area (Å²) in [5.41, 5.74) is 1.78. The van der Waals surface area contributed by atoms with E-state index < -0.39 is 0 Å². The topological polar surface area (TPSA) is 74.4 Å². The summed E-state index contributed by atoms with van der Waals surface area (Å²) in [5.74, 6) is -0.113. The predicted octanol–water partition coefficient (Wildman–Crippen LogP) is 2.50. The van der Waals surface area contributed by atoms with Crippen molar-refractivity contribution in [1.29, 1.82) is 0 Å². The number of morpholine rings is 1. The van der Waals surface area contributed by atoms with E-state index in [1.165, 1.54) is 11.3 Å². The standard InChI is InChI=1S/C20H23N3O3S/c1-13-3-4-16-14(11-13)18-15(19(24)22-16)12-17(27-18)20(25)21-5-2-6-23-7-9-26-10-8-23/h3-4,11-12H,2,5-10H2,1H3,(H,21,25)(H,22,24). The number of benzene rings is 1. The summed E-state index contributed by atoms with van der Waals surface area (Å²) in [7, 11) is 0. The van der Waals surface area contributed by atoms with Gasteiger partial charge in [-0.1, -0.05) is 11.6 Å². The van der Waals surface area contributed by atoms with Gasteiger partial charge in [0.2, 0.25) is 0 Å². The molecule has 1 aliphatic rings. The molecule has 7 heteroatoms. The second kappa shape index (κ2) is 7.80. The Labute approximate surface area is 161 Å². The highest BCUT2D eigenvalue weighted by atomic mass is 32.1. The lowest BCUT2D eigenvalue weighted by atomic mass is 10.1. The van der Waals surface area contributed by atoms with Crippen LogP contribution in [0.25, 0.3) is 21.0 Å². The summed E-state index contributed by atoms with van der Waals surface area (Å²) in [6, 6.07) is 7.64. The van der Waals surface area contributed by atoms with Crippen molar-refractivity contribution in [2.24, 2.45) is 0 Å². The molecule has 0 atom stereocenters. The first-order valence-corrected chi connectivity index (χ1v) is 10.1. The quantitative estimate of drug-likeness (QED) is 0.662. The number of rotatable bonds is 5. The van der Waals surface area contributed by atoms with Crippen molar-refractivity contribution in [1.82, 2.24) is 15.2 Å². The largest absolute Gasteiger partial charge is 0.379 e. The first-order valence-electron chi connectivity index (χ1n) is 9.26. The van der Waals surface area contributed by atoms with E-state index in [2.05, 4.69) is 15.2 Å². The zero-order valence-electron chi connectivity index (χ0n) is 15.3. The number of amides is 1. The third-order valence-corrected chi connectivity index (χ3v) is 6.08. The highest BCUT2D eigenvalue weighted by Crippen LogP contribution is 2.30. The van der Waals surface area contributed by atoms with Gasteiger partial charge in [-0.3, -0.25) is 14.5 Å². The van der Waals surface area contributed by atoms with Crippen LogP contribution in [0.4, 0.5) is 0 Å². The van der Waals surface area contributed by atoms with Crippen LogP contribution in [0.3, 0.4) is 0 Å². The van der Waals surface area contributed by atoms with Gasteiger partial charge in [-0.25, -0.2) is 0 Å². The molecule has 3 heterocycles. The van der Waals surface area contributed by atoms with Gasteiger partial charge >= 0.3 is 0 Å². The summed E-state index contributed by atoms with van der Waals surface area (Å²) in [6.07, 6.45) is 0.902. The molecule has 2 N–H and O–H groups in total. The molecule has 3 aromatic rings. The number of thiophene rings is 1. The Morgan fingerprint density at radius 1 is 1.26 bits per heavy atom. The van der Waals surface area contributed by atoms with E-state index in [0.717, 1.165) is 60.4 Å². The number of nitrogens with one attached hydrogen (secondary N) is 2. The van der Waals surface area contributed by atoms with Crippen LogP contribution in [0, 0.1) is 6.92 Å². The van der Waals surface area contributed by atoms with E-state index in [0.29, 0.717) is 16.8 Å². The second-order valence-corrected chi connectivity index (χ2v) is 7.97. The fourth-order valence-electron chi connectivity index (χ4n) is 3.43. The summed E-state index contributed by atoms with van der Waals surface area (Å²) >= 11 is 1.38. The molecule has 142 valence electrons. The van der Waals surface area contributed by atoms with Crippen LogP contribution >= 0.6 is 11.3 Å². The van der Waals surface area contributed by atoms with Gasteiger partial charge in [-0.2, -0.15) is 0 Å². The number of aryl methyl sites for hydroxylation is 1. The van der Waals surface area contributed by atoms with Gasteiger partial charge < -0.3 is 15.0 Å². The second-order valence-electron chi connectivity index (χ2n) is 6.92. The van der Waals surface area contributed by atoms with Crippen molar-refractivity contribution in [2.45, 2.75) is 13.3 Å². The molecule has 0 spiro atoms. The third kappa shape index (κ3) is 3.90. The Kier molecular flexibility index (Phi) is 5.24. The average Bonchev–Trinajstić information content (AvgIpc) is 3.13. The maximum atomic E-state index is 12.5. The van der Waals surface area contributed by atoms with E-state index in [4.69, 9.17) is 4.74 Å². The molecule has 2 aromatic heterocycles. The molecule has 6 nitrogen and oxygen atoms in total. The van der Waals surface area contributed by atoms with E-state index in [-0.39, 0.29) is 11.5 Å². The molecule has 1 amide bonds. The van der Waals surface area contributed by atoms with Gasteiger partial charge in [-0.05, 0) is 38.1 Å². The molecular weight excluding hydrogens is 362 g/mol. The molecule has 4 rings (SSSR count). The smallest absolute Gasteiger partial charge is 0.261 e. The van der Waals surface area contributed by atoms with Crippen LogP contribution in [-0.4, -0.2) is 55.2 Å². The first-order chi connectivity index (χ1) is 13.1. The molecule has 0 bridgehead atoms. The average molecular weight is 385 g/mol. The minimum atomic E-state index is -0.149. The van der Waals surface area contributed by atoms with E-state index in [9.17, 15) is 9.59 Å². The Hall–Kier alpha value is -2.22. The number of aromatic nitrogens is 1. The van der Waals surface area contributed by atoms with Crippen molar-refractivity contribution in [2.75, 3.05) is 39.4 Å². The third-order valence-electron chi connectivity index (χ3n) is 4.91. The van der Waals surface area contributed by atoms with Crippen molar-refractivity contribution >= 4 is 38.2 Å². The summed E-state index contributed by atoms with van der Waals surface area (Å²) in [6.45, 7) is 7.09. The maximum Gasteiger partial charge on any atom is 0.261 e. The van der Waals surface area contributed by atoms with E-state index in [1.54, 1.807) is 6.07 Å². The SMILES string of the molecule is Cc1ccc2[nH]c(=O)c3cc(C(=O)NCCCN4CCOCC4)sc3c2c1. The zero-order valence-corrected chi connectivity index (χ0v) is 16.2. The molecule has 0 radical (unpaired) electrons. The highest BCUT2D eigenvalue weighted by molar-refractivity contribution is 7.21. The number of ether oxygens (including phenoxy) is 1. The fraction of sp³-hybridized carbons (Fsp3) is 0.400. The number of nitrogens with zero attached hydrogens (tertiary/aromatic N) is 1. The molecule has 1 aliphatic heterocycles. The minimum Gasteiger partial charge on any atom is -0.379 e. The lowest BCUT2D eigenvalue weighted by molar-refractivity contribution is 0.0374. The van der Waals surface area contributed by atoms with Gasteiger partial charge in [0.15, 0.2) is 0 Å². The Bertz CT molecular complexity index is 1030. The van der Waals surface area contributed by atoms with Crippen LogP contribution in [-0.2, 0) is 4.74 Å². The van der Waals surface area contributed by atoms with Gasteiger partial charge in [0, 0.05) is 35.2 Å². The van der Waals surface area contributed by atoms with Crippen molar-refractivity contribution in [3.8, 4) is 0 Å². The predicted molar refractivity (Wildman–Crippen MR) is 109 cm³/mol. The first kappa shape index (κ1) is 18.2. The van der Waals surface area contributed by atoms with Crippen molar-refractivity contribution in [3.05, 3.63) is 45.1 Å². The monoisotopic (exact) mass is 385 g/mol. The van der Waals surface area contributed by atoms with E-state index in [1.807, 2.05) is 25.1 Å². The van der Waals surface area contributed by atoms with Gasteiger partial charge in [0.05, 0.1) is 23.5 Å². The Morgan fingerprint density at radius 3 is 2.89 bits per heavy atom. The molecule has 1 aromatic carbocycles. The molecule has 0 aliphatic carbocycles. The van der Waals surface area contributed by atoms with Crippen LogP contribution in [0.5, 0.6) is 0 Å². The molecular formula is C20H23N3O3S. The number of pyridine rings is 1. The molecule has 27 heavy (non-hydrogen) atoms. The number of fused-ring (bicyclic) bond motifs is 3. The summed E-state index contributed by atoms with van der Waals surface area (Å²) in [5, 5.41) is 4.55. The number of aromatic amines is 1. The van der Waals surface area contributed by atoms with Crippen LogP contribution in [0.2, 0.25) is 0 Å². The minimum absolute atomic E-state index is 0.113. The van der Waals surface area contributed by atoms with Crippen molar-refractivity contribution < 1.29 is 9.53 Å². The van der Waals surface area contributed by atoms with Gasteiger partial charge in [0.25, 0.3) is 11.5 Å². The number of carbonyl (C=O) groups excluding carboxylic acids is 1. The molecule has 0 unspecified atom stereocenters. The molecule has 1 fully saturated rings. The normalized spacial score (nSPS) is 15.4. The number of hydrogen-bond donors (Lipinski definition) is 2. The Balaban J connectivity index is 1.47. The summed E-state index contributed by atoms with van der Waals surface area (Å²) in [4.78, 5) is 30.7. The zero-order chi connectivity index (χ0) is 18.8. The Morgan fingerprint density at radius 2 is 2.07 bits per heavy atom. The number of carbonyl (C=O) groups is 1.